The molecule has 6 heteroatoms. The second-order valence-electron chi connectivity index (χ2n) is 7.31. The first kappa shape index (κ1) is 21.2. The standard InChI is InChI=1S/C26H22O6/c1-16-11-21(31-15-17-7-9-19(10-8-17)26(28)30-3)14-22-24(16)25(27)23(32-22)13-18-5-4-6-20(12-18)29-2/h4-14H,15H2,1-3H3/b23-13-. The summed E-state index contributed by atoms with van der Waals surface area (Å²) in [6.45, 7) is 2.16. The highest BCUT2D eigenvalue weighted by Crippen LogP contribution is 2.37. The predicted molar refractivity (Wildman–Crippen MR) is 119 cm³/mol. The Hall–Kier alpha value is -4.06. The van der Waals surface area contributed by atoms with Crippen LogP contribution in [0.3, 0.4) is 0 Å². The van der Waals surface area contributed by atoms with Crippen LogP contribution in [0.2, 0.25) is 0 Å². The van der Waals surface area contributed by atoms with E-state index < -0.39 is 0 Å². The molecule has 162 valence electrons. The van der Waals surface area contributed by atoms with E-state index in [1.54, 1.807) is 31.4 Å². The monoisotopic (exact) mass is 430 g/mol. The number of allylic oxidation sites excluding steroid dienone is 1. The van der Waals surface area contributed by atoms with Gasteiger partial charge in [0.1, 0.15) is 23.9 Å². The van der Waals surface area contributed by atoms with Gasteiger partial charge in [0.15, 0.2) is 5.76 Å². The summed E-state index contributed by atoms with van der Waals surface area (Å²) in [5, 5.41) is 0. The van der Waals surface area contributed by atoms with Crippen LogP contribution >= 0.6 is 0 Å². The Morgan fingerprint density at radius 1 is 1.00 bits per heavy atom. The third kappa shape index (κ3) is 4.34. The number of rotatable bonds is 6. The number of hydrogen-bond donors (Lipinski definition) is 0. The van der Waals surface area contributed by atoms with Crippen molar-refractivity contribution in [2.24, 2.45) is 0 Å². The zero-order valence-electron chi connectivity index (χ0n) is 18.0. The van der Waals surface area contributed by atoms with Crippen LogP contribution in [0, 0.1) is 6.92 Å². The first-order valence-corrected chi connectivity index (χ1v) is 10.0. The van der Waals surface area contributed by atoms with E-state index in [-0.39, 0.29) is 17.5 Å². The molecule has 4 rings (SSSR count). The molecule has 1 heterocycles. The molecule has 0 radical (unpaired) electrons. The maximum Gasteiger partial charge on any atom is 0.337 e. The number of hydrogen-bond acceptors (Lipinski definition) is 6. The minimum atomic E-state index is -0.383. The Balaban J connectivity index is 1.50. The van der Waals surface area contributed by atoms with E-state index in [4.69, 9.17) is 18.9 Å². The van der Waals surface area contributed by atoms with E-state index >= 15 is 0 Å². The molecule has 1 aliphatic heterocycles. The van der Waals surface area contributed by atoms with Crippen LogP contribution in [0.5, 0.6) is 17.2 Å². The first-order chi connectivity index (χ1) is 15.5. The number of carbonyl (C=O) groups excluding carboxylic acids is 2. The Bertz CT molecular complexity index is 1210. The van der Waals surface area contributed by atoms with Crippen LogP contribution in [0.1, 0.15) is 37.4 Å². The number of fused-ring (bicyclic) bond motifs is 1. The molecule has 6 nitrogen and oxygen atoms in total. The van der Waals surface area contributed by atoms with Crippen LogP contribution in [-0.2, 0) is 11.3 Å². The molecule has 0 N–H and O–H groups in total. The van der Waals surface area contributed by atoms with Crippen molar-refractivity contribution in [3.63, 3.8) is 0 Å². The lowest BCUT2D eigenvalue weighted by Crippen LogP contribution is -2.02. The first-order valence-electron chi connectivity index (χ1n) is 10.0. The Morgan fingerprint density at radius 2 is 1.78 bits per heavy atom. The minimum absolute atomic E-state index is 0.162. The molecule has 1 aliphatic rings. The Morgan fingerprint density at radius 3 is 2.50 bits per heavy atom. The van der Waals surface area contributed by atoms with Gasteiger partial charge in [0, 0.05) is 6.07 Å². The summed E-state index contributed by atoms with van der Waals surface area (Å²) in [6, 6.07) is 17.9. The number of ketones is 1. The smallest absolute Gasteiger partial charge is 0.337 e. The number of aryl methyl sites for hydroxylation is 1. The molecule has 0 saturated carbocycles. The summed E-state index contributed by atoms with van der Waals surface area (Å²) in [5.74, 6) is 1.48. The predicted octanol–water partition coefficient (Wildman–Crippen LogP) is 4.99. The van der Waals surface area contributed by atoms with Gasteiger partial charge in [-0.1, -0.05) is 24.3 Å². The van der Waals surface area contributed by atoms with Gasteiger partial charge in [0.05, 0.1) is 25.3 Å². The minimum Gasteiger partial charge on any atom is -0.497 e. The number of benzene rings is 3. The maximum atomic E-state index is 12.9. The molecular weight excluding hydrogens is 408 g/mol. The molecule has 0 aromatic heterocycles. The van der Waals surface area contributed by atoms with Crippen molar-refractivity contribution in [2.75, 3.05) is 14.2 Å². The van der Waals surface area contributed by atoms with E-state index in [1.165, 1.54) is 7.11 Å². The lowest BCUT2D eigenvalue weighted by Gasteiger charge is -2.09. The number of ether oxygens (including phenoxy) is 4. The van der Waals surface area contributed by atoms with Crippen molar-refractivity contribution in [2.45, 2.75) is 13.5 Å². The lowest BCUT2D eigenvalue weighted by molar-refractivity contribution is 0.0600. The van der Waals surface area contributed by atoms with Gasteiger partial charge in [-0.3, -0.25) is 4.79 Å². The van der Waals surface area contributed by atoms with Gasteiger partial charge >= 0.3 is 5.97 Å². The molecule has 0 amide bonds. The summed E-state index contributed by atoms with van der Waals surface area (Å²) in [7, 11) is 2.94. The molecule has 0 fully saturated rings. The zero-order valence-corrected chi connectivity index (χ0v) is 18.0. The fourth-order valence-corrected chi connectivity index (χ4v) is 3.46. The van der Waals surface area contributed by atoms with Crippen molar-refractivity contribution in [1.82, 2.24) is 0 Å². The van der Waals surface area contributed by atoms with Crippen molar-refractivity contribution in [1.29, 1.82) is 0 Å². The number of Topliss-reactive ketones (excluding diaryl/α,β-unsaturated/α-hetero) is 1. The van der Waals surface area contributed by atoms with E-state index in [0.717, 1.165) is 16.7 Å². The van der Waals surface area contributed by atoms with Crippen molar-refractivity contribution >= 4 is 17.8 Å². The average Bonchev–Trinajstić information content (AvgIpc) is 3.13. The molecule has 0 saturated heterocycles. The van der Waals surface area contributed by atoms with E-state index in [1.807, 2.05) is 49.4 Å². The highest BCUT2D eigenvalue weighted by atomic mass is 16.5. The van der Waals surface area contributed by atoms with Gasteiger partial charge in [-0.2, -0.15) is 0 Å². The van der Waals surface area contributed by atoms with Crippen LogP contribution in [0.25, 0.3) is 6.08 Å². The van der Waals surface area contributed by atoms with E-state index in [9.17, 15) is 9.59 Å². The molecule has 0 aliphatic carbocycles. The molecule has 32 heavy (non-hydrogen) atoms. The van der Waals surface area contributed by atoms with Gasteiger partial charge < -0.3 is 18.9 Å². The van der Waals surface area contributed by atoms with Gasteiger partial charge in [0.25, 0.3) is 0 Å². The largest absolute Gasteiger partial charge is 0.497 e. The lowest BCUT2D eigenvalue weighted by atomic mass is 10.0. The quantitative estimate of drug-likeness (QED) is 0.406. The van der Waals surface area contributed by atoms with Crippen LogP contribution < -0.4 is 14.2 Å². The molecule has 0 atom stereocenters. The molecule has 0 unspecified atom stereocenters. The Labute approximate surface area is 186 Å². The fraction of sp³-hybridized carbons (Fsp3) is 0.154. The summed E-state index contributed by atoms with van der Waals surface area (Å²) in [5.41, 5.74) is 3.50. The normalized spacial score (nSPS) is 13.5. The van der Waals surface area contributed by atoms with Crippen molar-refractivity contribution in [3.8, 4) is 17.2 Å². The van der Waals surface area contributed by atoms with Gasteiger partial charge in [-0.05, 0) is 60.0 Å². The molecule has 0 spiro atoms. The number of methoxy groups -OCH3 is 2. The molecule has 3 aromatic rings. The third-order valence-corrected chi connectivity index (χ3v) is 5.12. The van der Waals surface area contributed by atoms with Crippen molar-refractivity contribution in [3.05, 3.63) is 94.2 Å². The summed E-state index contributed by atoms with van der Waals surface area (Å²) in [4.78, 5) is 24.4. The zero-order chi connectivity index (χ0) is 22.7. The molecule has 3 aromatic carbocycles. The van der Waals surface area contributed by atoms with Gasteiger partial charge in [-0.15, -0.1) is 0 Å². The van der Waals surface area contributed by atoms with Crippen LogP contribution in [0.15, 0.2) is 66.4 Å². The SMILES string of the molecule is COC(=O)c1ccc(COc2cc(C)c3c(c2)O/C(=C\c2cccc(OC)c2)C3=O)cc1. The highest BCUT2D eigenvalue weighted by Gasteiger charge is 2.30. The Kier molecular flexibility index (Phi) is 5.94. The number of esters is 1. The maximum absolute atomic E-state index is 12.9. The molecular formula is C26H22O6. The van der Waals surface area contributed by atoms with E-state index in [2.05, 4.69) is 0 Å². The second-order valence-corrected chi connectivity index (χ2v) is 7.31. The average molecular weight is 430 g/mol. The van der Waals surface area contributed by atoms with Crippen LogP contribution in [-0.4, -0.2) is 26.0 Å². The fourth-order valence-electron chi connectivity index (χ4n) is 3.46. The highest BCUT2D eigenvalue weighted by molar-refractivity contribution is 6.15. The molecule has 0 bridgehead atoms. The third-order valence-electron chi connectivity index (χ3n) is 5.12. The van der Waals surface area contributed by atoms with Crippen LogP contribution in [0.4, 0.5) is 0 Å². The second kappa shape index (κ2) is 8.98. The topological polar surface area (TPSA) is 71.1 Å². The number of carbonyl (C=O) groups is 2. The van der Waals surface area contributed by atoms with Crippen molar-refractivity contribution < 1.29 is 28.5 Å². The summed E-state index contributed by atoms with van der Waals surface area (Å²) < 4.78 is 21.7. The summed E-state index contributed by atoms with van der Waals surface area (Å²) >= 11 is 0. The summed E-state index contributed by atoms with van der Waals surface area (Å²) in [6.07, 6.45) is 1.70. The van der Waals surface area contributed by atoms with Gasteiger partial charge in [0.2, 0.25) is 5.78 Å². The van der Waals surface area contributed by atoms with Gasteiger partial charge in [-0.25, -0.2) is 4.79 Å². The van der Waals surface area contributed by atoms with E-state index in [0.29, 0.717) is 35.0 Å².